The smallest absolute Gasteiger partial charge is 0.323 e. The second-order valence-corrected chi connectivity index (χ2v) is 5.05. The summed E-state index contributed by atoms with van der Waals surface area (Å²) in [5.41, 5.74) is 2.39. The molecule has 0 aliphatic carbocycles. The Kier molecular flexibility index (Phi) is 4.03. The minimum absolute atomic E-state index is 0.208. The van der Waals surface area contributed by atoms with Crippen molar-refractivity contribution in [2.75, 3.05) is 12.0 Å². The van der Waals surface area contributed by atoms with E-state index in [-0.39, 0.29) is 12.0 Å². The second kappa shape index (κ2) is 6.29. The van der Waals surface area contributed by atoms with Gasteiger partial charge in [-0.25, -0.2) is 10.5 Å². The lowest BCUT2D eigenvalue weighted by Crippen LogP contribution is -2.15. The number of nitrogen functional groups attached to an aromatic ring is 1. The fourth-order valence-electron chi connectivity index (χ4n) is 1.66. The number of anilines is 1. The van der Waals surface area contributed by atoms with Gasteiger partial charge in [0.1, 0.15) is 0 Å². The summed E-state index contributed by atoms with van der Waals surface area (Å²) < 4.78 is 7.08. The highest BCUT2D eigenvalue weighted by Crippen LogP contribution is 2.12. The summed E-state index contributed by atoms with van der Waals surface area (Å²) in [6, 6.07) is 6.05. The minimum atomic E-state index is 0.208. The van der Waals surface area contributed by atoms with Crippen molar-refractivity contribution in [3.63, 3.8) is 0 Å². The van der Waals surface area contributed by atoms with Gasteiger partial charge in [-0.1, -0.05) is 6.07 Å². The summed E-state index contributed by atoms with van der Waals surface area (Å²) >= 11 is 1.69. The maximum atomic E-state index is 5.57. The van der Waals surface area contributed by atoms with Crippen LogP contribution in [0.2, 0.25) is 0 Å². The maximum Gasteiger partial charge on any atom is 0.323 e. The largest absolute Gasteiger partial charge is 0.463 e. The molecule has 0 spiro atoms. The van der Waals surface area contributed by atoms with Crippen molar-refractivity contribution in [2.45, 2.75) is 6.42 Å². The molecule has 0 aliphatic heterocycles. The standard InChI is InChI=1S/C12H13N7OS/c13-18-10-15-11(19-6-2-5-14-19)17-12(16-10)20-7-4-9-3-1-8-21-9/h1-3,5-6,8H,4,7,13H2,(H,15,16,17,18). The Morgan fingerprint density at radius 3 is 2.95 bits per heavy atom. The fourth-order valence-corrected chi connectivity index (χ4v) is 2.35. The number of hydrazine groups is 1. The van der Waals surface area contributed by atoms with E-state index in [1.165, 1.54) is 9.56 Å². The van der Waals surface area contributed by atoms with Crippen molar-refractivity contribution in [3.8, 4) is 12.0 Å². The average Bonchev–Trinajstić information content (AvgIpc) is 3.20. The lowest BCUT2D eigenvalue weighted by atomic mass is 10.4. The molecule has 3 aromatic heterocycles. The lowest BCUT2D eigenvalue weighted by Gasteiger charge is -2.07. The molecule has 3 aromatic rings. The van der Waals surface area contributed by atoms with E-state index < -0.39 is 0 Å². The predicted molar refractivity (Wildman–Crippen MR) is 78.3 cm³/mol. The van der Waals surface area contributed by atoms with Gasteiger partial charge in [-0.15, -0.1) is 11.3 Å². The van der Waals surface area contributed by atoms with E-state index in [2.05, 4.69) is 31.5 Å². The lowest BCUT2D eigenvalue weighted by molar-refractivity contribution is 0.296. The van der Waals surface area contributed by atoms with Gasteiger partial charge in [0.05, 0.1) is 6.61 Å². The van der Waals surface area contributed by atoms with Crippen molar-refractivity contribution in [1.82, 2.24) is 24.7 Å². The van der Waals surface area contributed by atoms with Crippen LogP contribution in [-0.4, -0.2) is 31.3 Å². The summed E-state index contributed by atoms with van der Waals surface area (Å²) in [7, 11) is 0. The van der Waals surface area contributed by atoms with Gasteiger partial charge in [0, 0.05) is 23.7 Å². The van der Waals surface area contributed by atoms with Crippen molar-refractivity contribution >= 4 is 17.3 Å². The number of nitrogens with one attached hydrogen (secondary N) is 1. The zero-order valence-corrected chi connectivity index (χ0v) is 11.8. The van der Waals surface area contributed by atoms with Crippen LogP contribution in [0.25, 0.3) is 5.95 Å². The van der Waals surface area contributed by atoms with Crippen molar-refractivity contribution < 1.29 is 4.74 Å². The zero-order valence-electron chi connectivity index (χ0n) is 11.0. The van der Waals surface area contributed by atoms with Crippen LogP contribution in [0.5, 0.6) is 6.01 Å². The second-order valence-electron chi connectivity index (χ2n) is 4.01. The van der Waals surface area contributed by atoms with Crippen LogP contribution in [0.3, 0.4) is 0 Å². The third-order valence-corrected chi connectivity index (χ3v) is 3.54. The molecule has 3 N–H and O–H groups in total. The molecule has 9 heteroatoms. The molecule has 0 bridgehead atoms. The molecule has 0 saturated carbocycles. The quantitative estimate of drug-likeness (QED) is 0.517. The summed E-state index contributed by atoms with van der Waals surface area (Å²) in [5.74, 6) is 5.93. The molecular formula is C12H13N7OS. The molecule has 0 atom stereocenters. The highest BCUT2D eigenvalue weighted by atomic mass is 32.1. The number of thiophene rings is 1. The molecule has 21 heavy (non-hydrogen) atoms. The Morgan fingerprint density at radius 1 is 1.29 bits per heavy atom. The number of nitrogens with zero attached hydrogens (tertiary/aromatic N) is 5. The van der Waals surface area contributed by atoms with Gasteiger partial charge >= 0.3 is 6.01 Å². The minimum Gasteiger partial charge on any atom is -0.463 e. The molecule has 0 amide bonds. The molecule has 8 nitrogen and oxygen atoms in total. The van der Waals surface area contributed by atoms with Crippen molar-refractivity contribution in [2.24, 2.45) is 5.84 Å². The van der Waals surface area contributed by atoms with E-state index in [1.54, 1.807) is 29.8 Å². The molecule has 0 fully saturated rings. The normalized spacial score (nSPS) is 10.5. The Morgan fingerprint density at radius 2 is 2.24 bits per heavy atom. The number of ether oxygens (including phenoxy) is 1. The van der Waals surface area contributed by atoms with E-state index in [9.17, 15) is 0 Å². The van der Waals surface area contributed by atoms with Crippen LogP contribution in [0.15, 0.2) is 36.0 Å². The first kappa shape index (κ1) is 13.5. The van der Waals surface area contributed by atoms with Gasteiger partial charge in [-0.2, -0.15) is 20.1 Å². The van der Waals surface area contributed by atoms with Gasteiger partial charge in [-0.05, 0) is 17.5 Å². The number of hydrogen-bond donors (Lipinski definition) is 2. The number of rotatable bonds is 6. The Balaban J connectivity index is 1.73. The van der Waals surface area contributed by atoms with Gasteiger partial charge in [-0.3, -0.25) is 5.43 Å². The van der Waals surface area contributed by atoms with E-state index in [0.29, 0.717) is 12.6 Å². The zero-order chi connectivity index (χ0) is 14.5. The van der Waals surface area contributed by atoms with Crippen molar-refractivity contribution in [1.29, 1.82) is 0 Å². The SMILES string of the molecule is NNc1nc(OCCc2cccs2)nc(-n2cccn2)n1. The van der Waals surface area contributed by atoms with E-state index in [1.807, 2.05) is 11.4 Å². The third-order valence-electron chi connectivity index (χ3n) is 2.60. The monoisotopic (exact) mass is 303 g/mol. The van der Waals surface area contributed by atoms with Crippen LogP contribution in [0.4, 0.5) is 5.95 Å². The summed E-state index contributed by atoms with van der Waals surface area (Å²) in [6.07, 6.45) is 4.16. The van der Waals surface area contributed by atoms with Crippen LogP contribution in [0.1, 0.15) is 4.88 Å². The highest BCUT2D eigenvalue weighted by Gasteiger charge is 2.09. The molecule has 0 aromatic carbocycles. The first-order valence-corrected chi connectivity index (χ1v) is 7.11. The molecule has 3 heterocycles. The Bertz CT molecular complexity index is 684. The van der Waals surface area contributed by atoms with E-state index >= 15 is 0 Å². The van der Waals surface area contributed by atoms with Crippen LogP contribution in [0, 0.1) is 0 Å². The van der Waals surface area contributed by atoms with Gasteiger partial charge in [0.2, 0.25) is 5.95 Å². The average molecular weight is 303 g/mol. The molecule has 0 unspecified atom stereocenters. The first-order chi connectivity index (χ1) is 10.3. The first-order valence-electron chi connectivity index (χ1n) is 6.23. The van der Waals surface area contributed by atoms with Crippen LogP contribution >= 0.6 is 11.3 Å². The molecular weight excluding hydrogens is 290 g/mol. The summed E-state index contributed by atoms with van der Waals surface area (Å²) in [5, 5.41) is 6.10. The molecule has 0 aliphatic rings. The predicted octanol–water partition coefficient (Wildman–Crippen LogP) is 1.03. The van der Waals surface area contributed by atoms with E-state index in [4.69, 9.17) is 10.6 Å². The maximum absolute atomic E-state index is 5.57. The Hall–Kier alpha value is -2.52. The van der Waals surface area contributed by atoms with Crippen LogP contribution < -0.4 is 16.0 Å². The summed E-state index contributed by atoms with van der Waals surface area (Å²) in [4.78, 5) is 13.6. The van der Waals surface area contributed by atoms with Gasteiger partial charge < -0.3 is 4.74 Å². The molecule has 0 saturated heterocycles. The van der Waals surface area contributed by atoms with Gasteiger partial charge in [0.15, 0.2) is 0 Å². The number of aromatic nitrogens is 5. The molecule has 108 valence electrons. The highest BCUT2D eigenvalue weighted by molar-refractivity contribution is 7.09. The van der Waals surface area contributed by atoms with Crippen molar-refractivity contribution in [3.05, 3.63) is 40.8 Å². The van der Waals surface area contributed by atoms with Crippen LogP contribution in [-0.2, 0) is 6.42 Å². The third kappa shape index (κ3) is 3.33. The Labute approximate surface area is 124 Å². The fraction of sp³-hybridized carbons (Fsp3) is 0.167. The number of nitrogens with two attached hydrogens (primary N) is 1. The summed E-state index contributed by atoms with van der Waals surface area (Å²) in [6.45, 7) is 0.479. The van der Waals surface area contributed by atoms with E-state index in [0.717, 1.165) is 6.42 Å². The van der Waals surface area contributed by atoms with Gasteiger partial charge in [0.25, 0.3) is 5.95 Å². The molecule has 0 radical (unpaired) electrons. The molecule has 3 rings (SSSR count). The number of hydrogen-bond acceptors (Lipinski definition) is 8. The topological polar surface area (TPSA) is 104 Å².